The monoisotopic (exact) mass is 223 g/mol. The lowest BCUT2D eigenvalue weighted by Gasteiger charge is -2.03. The largest absolute Gasteiger partial charge is 0.462 e. The summed E-state index contributed by atoms with van der Waals surface area (Å²) in [5, 5.41) is 0. The maximum absolute atomic E-state index is 10.5. The summed E-state index contributed by atoms with van der Waals surface area (Å²) in [6, 6.07) is 0. The van der Waals surface area contributed by atoms with Crippen LogP contribution in [0.1, 0.15) is 12.8 Å². The van der Waals surface area contributed by atoms with E-state index >= 15 is 0 Å². The predicted molar refractivity (Wildman–Crippen MR) is 50.9 cm³/mol. The van der Waals surface area contributed by atoms with Crippen molar-refractivity contribution in [2.75, 3.05) is 25.7 Å². The van der Waals surface area contributed by atoms with Crippen molar-refractivity contribution >= 4 is 23.5 Å². The van der Waals surface area contributed by atoms with Gasteiger partial charge in [-0.05, 0) is 6.42 Å². The molecule has 0 unspecified atom stereocenters. The molecule has 0 atom stereocenters. The third-order valence-electron chi connectivity index (χ3n) is 1.31. The summed E-state index contributed by atoms with van der Waals surface area (Å²) in [5.74, 6) is -0.962. The van der Waals surface area contributed by atoms with Gasteiger partial charge in [0.05, 0.1) is 6.61 Å². The topological polar surface area (TPSA) is 78.6 Å². The summed E-state index contributed by atoms with van der Waals surface area (Å²) in [7, 11) is 0. The Morgan fingerprint density at radius 2 is 1.93 bits per heavy atom. The molecule has 0 aromatic rings. The highest BCUT2D eigenvalue weighted by Crippen LogP contribution is 1.89. The number of primary amides is 1. The zero-order valence-electron chi connectivity index (χ0n) is 7.83. The molecule has 0 heterocycles. The average molecular weight is 224 g/mol. The second-order valence-corrected chi connectivity index (χ2v) is 2.80. The number of halogens is 1. The van der Waals surface area contributed by atoms with Crippen molar-refractivity contribution in [3.63, 3.8) is 0 Å². The fraction of sp³-hybridized carbons (Fsp3) is 0.750. The predicted octanol–water partition coefficient (Wildman–Crippen LogP) is 0.0505. The van der Waals surface area contributed by atoms with E-state index in [1.165, 1.54) is 0 Å². The highest BCUT2D eigenvalue weighted by molar-refractivity contribution is 6.26. The Balaban J connectivity index is 3.06. The standard InChI is InChI=1S/C8H14ClNO4/c9-6-8(12)14-5-4-13-3-1-2-7(10)11/h1-6H2,(H2,10,11). The maximum Gasteiger partial charge on any atom is 0.320 e. The lowest BCUT2D eigenvalue weighted by Crippen LogP contribution is -2.13. The molecule has 0 saturated carbocycles. The smallest absolute Gasteiger partial charge is 0.320 e. The number of nitrogens with two attached hydrogens (primary N) is 1. The van der Waals surface area contributed by atoms with Gasteiger partial charge in [0.1, 0.15) is 12.5 Å². The van der Waals surface area contributed by atoms with Crippen LogP contribution in [0.5, 0.6) is 0 Å². The van der Waals surface area contributed by atoms with Crippen molar-refractivity contribution in [3.05, 3.63) is 0 Å². The van der Waals surface area contributed by atoms with Crippen molar-refractivity contribution < 1.29 is 19.1 Å². The second-order valence-electron chi connectivity index (χ2n) is 2.54. The zero-order valence-corrected chi connectivity index (χ0v) is 8.59. The van der Waals surface area contributed by atoms with Crippen LogP contribution in [0.15, 0.2) is 0 Å². The van der Waals surface area contributed by atoms with Crippen LogP contribution in [-0.2, 0) is 19.1 Å². The third-order valence-corrected chi connectivity index (χ3v) is 1.53. The number of carbonyl (C=O) groups excluding carboxylic acids is 2. The molecule has 6 heteroatoms. The van der Waals surface area contributed by atoms with Gasteiger partial charge in [-0.2, -0.15) is 0 Å². The normalized spacial score (nSPS) is 9.79. The van der Waals surface area contributed by atoms with E-state index in [9.17, 15) is 9.59 Å². The average Bonchev–Trinajstić information content (AvgIpc) is 2.15. The van der Waals surface area contributed by atoms with Crippen LogP contribution in [0.4, 0.5) is 0 Å². The minimum Gasteiger partial charge on any atom is -0.462 e. The van der Waals surface area contributed by atoms with E-state index in [2.05, 4.69) is 4.74 Å². The summed E-state index contributed by atoms with van der Waals surface area (Å²) in [5.41, 5.74) is 4.91. The molecule has 0 aliphatic carbocycles. The summed E-state index contributed by atoms with van der Waals surface area (Å²) >= 11 is 5.18. The van der Waals surface area contributed by atoms with Crippen molar-refractivity contribution in [2.45, 2.75) is 12.8 Å². The molecule has 0 aliphatic heterocycles. The third kappa shape index (κ3) is 9.28. The minimum absolute atomic E-state index is 0.151. The van der Waals surface area contributed by atoms with Gasteiger partial charge in [0.25, 0.3) is 0 Å². The van der Waals surface area contributed by atoms with Gasteiger partial charge in [-0.25, -0.2) is 0 Å². The first-order valence-electron chi connectivity index (χ1n) is 4.24. The first kappa shape index (κ1) is 13.2. The van der Waals surface area contributed by atoms with Gasteiger partial charge >= 0.3 is 5.97 Å². The zero-order chi connectivity index (χ0) is 10.8. The van der Waals surface area contributed by atoms with Crippen LogP contribution < -0.4 is 5.73 Å². The Morgan fingerprint density at radius 1 is 1.21 bits per heavy atom. The molecule has 0 radical (unpaired) electrons. The summed E-state index contributed by atoms with van der Waals surface area (Å²) in [6.07, 6.45) is 0.889. The number of amides is 1. The fourth-order valence-electron chi connectivity index (χ4n) is 0.704. The van der Waals surface area contributed by atoms with E-state index in [0.29, 0.717) is 26.1 Å². The molecular formula is C8H14ClNO4. The fourth-order valence-corrected chi connectivity index (χ4v) is 0.781. The van der Waals surface area contributed by atoms with Crippen molar-refractivity contribution in [1.29, 1.82) is 0 Å². The van der Waals surface area contributed by atoms with Crippen LogP contribution in [0.25, 0.3) is 0 Å². The van der Waals surface area contributed by atoms with Crippen molar-refractivity contribution in [2.24, 2.45) is 5.73 Å². The van der Waals surface area contributed by atoms with E-state index in [1.807, 2.05) is 0 Å². The lowest BCUT2D eigenvalue weighted by molar-refractivity contribution is -0.142. The Labute approximate surface area is 87.5 Å². The molecule has 82 valence electrons. The van der Waals surface area contributed by atoms with E-state index in [0.717, 1.165) is 0 Å². The van der Waals surface area contributed by atoms with Gasteiger partial charge in [0.15, 0.2) is 0 Å². The first-order chi connectivity index (χ1) is 6.66. The number of rotatable bonds is 8. The Bertz CT molecular complexity index is 186. The molecule has 0 bridgehead atoms. The summed E-state index contributed by atoms with van der Waals surface area (Å²) in [4.78, 5) is 20.8. The highest BCUT2D eigenvalue weighted by Gasteiger charge is 1.98. The van der Waals surface area contributed by atoms with E-state index in [4.69, 9.17) is 22.1 Å². The highest BCUT2D eigenvalue weighted by atomic mass is 35.5. The van der Waals surface area contributed by atoms with Crippen LogP contribution in [0.3, 0.4) is 0 Å². The molecule has 1 amide bonds. The Hall–Kier alpha value is -0.810. The van der Waals surface area contributed by atoms with Gasteiger partial charge in [-0.3, -0.25) is 9.59 Å². The lowest BCUT2D eigenvalue weighted by atomic mass is 10.3. The second kappa shape index (κ2) is 8.77. The van der Waals surface area contributed by atoms with E-state index in [1.54, 1.807) is 0 Å². The molecule has 14 heavy (non-hydrogen) atoms. The van der Waals surface area contributed by atoms with Gasteiger partial charge < -0.3 is 15.2 Å². The molecule has 0 aliphatic rings. The number of carbonyl (C=O) groups is 2. The SMILES string of the molecule is NC(=O)CCCOCCOC(=O)CCl. The molecule has 5 nitrogen and oxygen atoms in total. The molecular weight excluding hydrogens is 210 g/mol. The van der Waals surface area contributed by atoms with Crippen molar-refractivity contribution in [3.8, 4) is 0 Å². The molecule has 0 spiro atoms. The first-order valence-corrected chi connectivity index (χ1v) is 4.78. The number of hydrogen-bond acceptors (Lipinski definition) is 4. The van der Waals surface area contributed by atoms with Gasteiger partial charge in [-0.1, -0.05) is 0 Å². The number of hydrogen-bond donors (Lipinski definition) is 1. The number of alkyl halides is 1. The number of ether oxygens (including phenoxy) is 2. The molecule has 0 aromatic heterocycles. The maximum atomic E-state index is 10.5. The minimum atomic E-state index is -0.465. The van der Waals surface area contributed by atoms with Crippen molar-refractivity contribution in [1.82, 2.24) is 0 Å². The van der Waals surface area contributed by atoms with E-state index < -0.39 is 5.97 Å². The Kier molecular flexibility index (Phi) is 8.27. The molecule has 0 aromatic carbocycles. The van der Waals surface area contributed by atoms with Crippen LogP contribution in [-0.4, -0.2) is 37.6 Å². The summed E-state index contributed by atoms with van der Waals surface area (Å²) < 4.78 is 9.68. The molecule has 0 rings (SSSR count). The van der Waals surface area contributed by atoms with Crippen LogP contribution >= 0.6 is 11.6 Å². The van der Waals surface area contributed by atoms with E-state index in [-0.39, 0.29) is 18.4 Å². The van der Waals surface area contributed by atoms with Crippen LogP contribution in [0, 0.1) is 0 Å². The molecule has 2 N–H and O–H groups in total. The van der Waals surface area contributed by atoms with Gasteiger partial charge in [-0.15, -0.1) is 11.6 Å². The summed E-state index contributed by atoms with van der Waals surface area (Å²) in [6.45, 7) is 0.922. The van der Waals surface area contributed by atoms with Crippen LogP contribution in [0.2, 0.25) is 0 Å². The quantitative estimate of drug-likeness (QED) is 0.358. The number of esters is 1. The van der Waals surface area contributed by atoms with Gasteiger partial charge in [0, 0.05) is 13.0 Å². The Morgan fingerprint density at radius 3 is 2.50 bits per heavy atom. The van der Waals surface area contributed by atoms with Gasteiger partial charge in [0.2, 0.25) is 5.91 Å². The molecule has 0 fully saturated rings. The molecule has 0 saturated heterocycles.